The third-order valence-electron chi connectivity index (χ3n) is 4.32. The van der Waals surface area contributed by atoms with Crippen molar-refractivity contribution < 1.29 is 14.3 Å². The first-order valence-electron chi connectivity index (χ1n) is 9.10. The number of nitrogens with zero attached hydrogens (tertiary/aromatic N) is 1. The highest BCUT2D eigenvalue weighted by atomic mass is 16.5. The maximum absolute atomic E-state index is 12.7. The van der Waals surface area contributed by atoms with Crippen LogP contribution in [0.1, 0.15) is 20.3 Å². The van der Waals surface area contributed by atoms with Crippen LogP contribution < -0.4 is 10.1 Å². The van der Waals surface area contributed by atoms with E-state index in [0.717, 1.165) is 23.6 Å². The zero-order valence-corrected chi connectivity index (χ0v) is 15.4. The van der Waals surface area contributed by atoms with Crippen molar-refractivity contribution in [2.45, 2.75) is 26.3 Å². The Morgan fingerprint density at radius 2 is 1.85 bits per heavy atom. The molecule has 138 valence electrons. The van der Waals surface area contributed by atoms with Crippen LogP contribution in [0.4, 0.5) is 10.5 Å². The number of rotatable bonds is 5. The van der Waals surface area contributed by atoms with E-state index in [4.69, 9.17) is 9.47 Å². The van der Waals surface area contributed by atoms with Gasteiger partial charge in [-0.05, 0) is 48.7 Å². The third kappa shape index (κ3) is 4.99. The molecule has 0 aliphatic carbocycles. The number of ether oxygens (including phenoxy) is 2. The minimum absolute atomic E-state index is 0.0734. The van der Waals surface area contributed by atoms with Crippen LogP contribution >= 0.6 is 0 Å². The van der Waals surface area contributed by atoms with Gasteiger partial charge >= 0.3 is 6.03 Å². The molecule has 2 aromatic rings. The summed E-state index contributed by atoms with van der Waals surface area (Å²) in [6.07, 6.45) is 0.942. The lowest BCUT2D eigenvalue weighted by molar-refractivity contribution is 0.00857. The molecule has 1 N–H and O–H groups in total. The molecule has 1 aliphatic heterocycles. The SMILES string of the molecule is CC(C)CC1COCCN1C(=O)Nc1ccc(Oc2ccccc2)cc1. The molecule has 1 atom stereocenters. The van der Waals surface area contributed by atoms with Crippen molar-refractivity contribution >= 4 is 11.7 Å². The zero-order chi connectivity index (χ0) is 18.4. The van der Waals surface area contributed by atoms with E-state index in [1.807, 2.05) is 59.5 Å². The first-order valence-corrected chi connectivity index (χ1v) is 9.10. The number of anilines is 1. The summed E-state index contributed by atoms with van der Waals surface area (Å²) in [6.45, 7) is 6.14. The summed E-state index contributed by atoms with van der Waals surface area (Å²) >= 11 is 0. The van der Waals surface area contributed by atoms with E-state index < -0.39 is 0 Å². The third-order valence-corrected chi connectivity index (χ3v) is 4.32. The minimum Gasteiger partial charge on any atom is -0.457 e. The van der Waals surface area contributed by atoms with Crippen molar-refractivity contribution in [3.63, 3.8) is 0 Å². The van der Waals surface area contributed by atoms with Gasteiger partial charge in [0.15, 0.2) is 0 Å². The maximum Gasteiger partial charge on any atom is 0.322 e. The van der Waals surface area contributed by atoms with Crippen LogP contribution in [0.3, 0.4) is 0 Å². The second-order valence-corrected chi connectivity index (χ2v) is 6.92. The van der Waals surface area contributed by atoms with Crippen LogP contribution in [0.15, 0.2) is 54.6 Å². The molecule has 1 fully saturated rings. The van der Waals surface area contributed by atoms with Gasteiger partial charge in [-0.3, -0.25) is 0 Å². The van der Waals surface area contributed by atoms with E-state index >= 15 is 0 Å². The fourth-order valence-electron chi connectivity index (χ4n) is 3.09. The number of urea groups is 1. The molecule has 1 saturated heterocycles. The first-order chi connectivity index (χ1) is 12.6. The normalized spacial score (nSPS) is 17.2. The molecule has 0 radical (unpaired) electrons. The molecule has 3 rings (SSSR count). The summed E-state index contributed by atoms with van der Waals surface area (Å²) in [7, 11) is 0. The van der Waals surface area contributed by atoms with Crippen molar-refractivity contribution in [1.82, 2.24) is 4.90 Å². The highest BCUT2D eigenvalue weighted by molar-refractivity contribution is 5.89. The summed E-state index contributed by atoms with van der Waals surface area (Å²) in [5, 5.41) is 2.98. The van der Waals surface area contributed by atoms with Crippen molar-refractivity contribution in [1.29, 1.82) is 0 Å². The molecular weight excluding hydrogens is 328 g/mol. The van der Waals surface area contributed by atoms with E-state index in [-0.39, 0.29) is 12.1 Å². The Hall–Kier alpha value is -2.53. The number of amides is 2. The summed E-state index contributed by atoms with van der Waals surface area (Å²) in [5.74, 6) is 2.04. The summed E-state index contributed by atoms with van der Waals surface area (Å²) in [6, 6.07) is 17.1. The number of para-hydroxylation sites is 1. The van der Waals surface area contributed by atoms with Crippen LogP contribution in [0, 0.1) is 5.92 Å². The number of carbonyl (C=O) groups excluding carboxylic acids is 1. The molecule has 0 aromatic heterocycles. The monoisotopic (exact) mass is 354 g/mol. The molecule has 5 heteroatoms. The minimum atomic E-state index is -0.0734. The molecule has 0 saturated carbocycles. The van der Waals surface area contributed by atoms with Gasteiger partial charge in [0.05, 0.1) is 19.3 Å². The maximum atomic E-state index is 12.7. The van der Waals surface area contributed by atoms with Crippen LogP contribution in [-0.2, 0) is 4.74 Å². The number of morpholine rings is 1. The predicted octanol–water partition coefficient (Wildman–Crippen LogP) is 4.76. The van der Waals surface area contributed by atoms with Gasteiger partial charge in [-0.2, -0.15) is 0 Å². The number of benzene rings is 2. The number of carbonyl (C=O) groups is 1. The molecule has 0 spiro atoms. The van der Waals surface area contributed by atoms with Crippen molar-refractivity contribution in [2.75, 3.05) is 25.1 Å². The van der Waals surface area contributed by atoms with E-state index in [1.165, 1.54) is 0 Å². The van der Waals surface area contributed by atoms with Gasteiger partial charge in [0, 0.05) is 12.2 Å². The van der Waals surface area contributed by atoms with Gasteiger partial charge in [-0.25, -0.2) is 4.79 Å². The number of hydrogen-bond acceptors (Lipinski definition) is 3. The summed E-state index contributed by atoms with van der Waals surface area (Å²) in [5.41, 5.74) is 0.755. The Morgan fingerprint density at radius 3 is 2.54 bits per heavy atom. The Kier molecular flexibility index (Phi) is 6.12. The van der Waals surface area contributed by atoms with E-state index in [2.05, 4.69) is 19.2 Å². The van der Waals surface area contributed by atoms with Crippen molar-refractivity contribution in [3.05, 3.63) is 54.6 Å². The lowest BCUT2D eigenvalue weighted by atomic mass is 10.0. The molecule has 1 aliphatic rings. The van der Waals surface area contributed by atoms with Crippen molar-refractivity contribution in [2.24, 2.45) is 5.92 Å². The van der Waals surface area contributed by atoms with Gasteiger partial charge in [-0.15, -0.1) is 0 Å². The van der Waals surface area contributed by atoms with Crippen LogP contribution in [-0.4, -0.2) is 36.7 Å². The average Bonchev–Trinajstić information content (AvgIpc) is 2.64. The molecule has 5 nitrogen and oxygen atoms in total. The van der Waals surface area contributed by atoms with E-state index in [0.29, 0.717) is 25.7 Å². The van der Waals surface area contributed by atoms with Crippen LogP contribution in [0.25, 0.3) is 0 Å². The lowest BCUT2D eigenvalue weighted by Gasteiger charge is -2.36. The molecule has 0 bridgehead atoms. The van der Waals surface area contributed by atoms with Crippen LogP contribution in [0.2, 0.25) is 0 Å². The Labute approximate surface area is 154 Å². The average molecular weight is 354 g/mol. The first kappa shape index (κ1) is 18.3. The van der Waals surface area contributed by atoms with Crippen molar-refractivity contribution in [3.8, 4) is 11.5 Å². The number of nitrogens with one attached hydrogen (secondary N) is 1. The highest BCUT2D eigenvalue weighted by Gasteiger charge is 2.27. The highest BCUT2D eigenvalue weighted by Crippen LogP contribution is 2.23. The fourth-order valence-corrected chi connectivity index (χ4v) is 3.09. The summed E-state index contributed by atoms with van der Waals surface area (Å²) < 4.78 is 11.3. The molecule has 2 amide bonds. The zero-order valence-electron chi connectivity index (χ0n) is 15.4. The van der Waals surface area contributed by atoms with Gasteiger partial charge in [0.25, 0.3) is 0 Å². The molecule has 2 aromatic carbocycles. The van der Waals surface area contributed by atoms with Gasteiger partial charge in [-0.1, -0.05) is 32.0 Å². The van der Waals surface area contributed by atoms with Gasteiger partial charge < -0.3 is 19.7 Å². The number of hydrogen-bond donors (Lipinski definition) is 1. The summed E-state index contributed by atoms with van der Waals surface area (Å²) in [4.78, 5) is 14.6. The second kappa shape index (κ2) is 8.72. The fraction of sp³-hybridized carbons (Fsp3) is 0.381. The smallest absolute Gasteiger partial charge is 0.322 e. The standard InChI is InChI=1S/C21H26N2O3/c1-16(2)14-18-15-25-13-12-23(18)21(24)22-17-8-10-20(11-9-17)26-19-6-4-3-5-7-19/h3-11,16,18H,12-15H2,1-2H3,(H,22,24). The van der Waals surface area contributed by atoms with E-state index in [1.54, 1.807) is 0 Å². The Balaban J connectivity index is 1.60. The largest absolute Gasteiger partial charge is 0.457 e. The van der Waals surface area contributed by atoms with Gasteiger partial charge in [0.1, 0.15) is 11.5 Å². The Morgan fingerprint density at radius 1 is 1.15 bits per heavy atom. The molecule has 1 unspecified atom stereocenters. The topological polar surface area (TPSA) is 50.8 Å². The van der Waals surface area contributed by atoms with Crippen LogP contribution in [0.5, 0.6) is 11.5 Å². The van der Waals surface area contributed by atoms with E-state index in [9.17, 15) is 4.79 Å². The lowest BCUT2D eigenvalue weighted by Crippen LogP contribution is -2.50. The quantitative estimate of drug-likeness (QED) is 0.842. The second-order valence-electron chi connectivity index (χ2n) is 6.92. The predicted molar refractivity (Wildman–Crippen MR) is 103 cm³/mol. The molecular formula is C21H26N2O3. The Bertz CT molecular complexity index is 701. The van der Waals surface area contributed by atoms with Gasteiger partial charge in [0.2, 0.25) is 0 Å². The molecule has 26 heavy (non-hydrogen) atoms. The molecule has 1 heterocycles.